The number of nitrogens with two attached hydrogens (primary N) is 2. The Labute approximate surface area is 87.9 Å². The van der Waals surface area contributed by atoms with Gasteiger partial charge in [-0.3, -0.25) is 0 Å². The van der Waals surface area contributed by atoms with E-state index in [1.54, 1.807) is 18.2 Å². The van der Waals surface area contributed by atoms with E-state index in [1.807, 2.05) is 6.07 Å². The lowest BCUT2D eigenvalue weighted by molar-refractivity contribution is 0.929. The Kier molecular flexibility index (Phi) is 3.43. The van der Waals surface area contributed by atoms with Crippen LogP contribution in [0.25, 0.3) is 0 Å². The molecule has 0 saturated carbocycles. The van der Waals surface area contributed by atoms with Crippen molar-refractivity contribution in [3.05, 3.63) is 36.4 Å². The number of hydrazine groups is 1. The van der Waals surface area contributed by atoms with Gasteiger partial charge < -0.3 is 5.73 Å². The molecule has 0 aromatic heterocycles. The Bertz CT molecular complexity index is 430. The van der Waals surface area contributed by atoms with Gasteiger partial charge in [0.1, 0.15) is 6.07 Å². The number of rotatable bonds is 3. The van der Waals surface area contributed by atoms with Crippen LogP contribution in [0, 0.1) is 11.3 Å². The number of hydrogen-bond donors (Lipinski definition) is 2. The largest absolute Gasteiger partial charge is 0.399 e. The lowest BCUT2D eigenvalue weighted by Crippen LogP contribution is -2.25. The molecule has 0 spiro atoms. The Hall–Kier alpha value is -2.32. The Morgan fingerprint density at radius 3 is 2.87 bits per heavy atom. The molecular formula is C10H11N5. The number of hydrazone groups is 1. The van der Waals surface area contributed by atoms with Crippen LogP contribution in [0.1, 0.15) is 5.56 Å². The number of hydrogen-bond acceptors (Lipinski definition) is 5. The second-order valence-corrected chi connectivity index (χ2v) is 2.73. The van der Waals surface area contributed by atoms with Crippen LogP contribution in [-0.4, -0.2) is 6.21 Å². The van der Waals surface area contributed by atoms with Crippen molar-refractivity contribution in [3.8, 4) is 6.07 Å². The maximum Gasteiger partial charge on any atom is 0.101 e. The van der Waals surface area contributed by atoms with Crippen molar-refractivity contribution in [3.63, 3.8) is 0 Å². The van der Waals surface area contributed by atoms with E-state index < -0.39 is 0 Å². The first-order chi connectivity index (χ1) is 7.19. The summed E-state index contributed by atoms with van der Waals surface area (Å²) in [5, 5.41) is 13.7. The van der Waals surface area contributed by atoms with E-state index in [9.17, 15) is 0 Å². The van der Waals surface area contributed by atoms with E-state index in [-0.39, 0.29) is 0 Å². The second kappa shape index (κ2) is 4.79. The van der Waals surface area contributed by atoms with Crippen LogP contribution < -0.4 is 16.7 Å². The van der Waals surface area contributed by atoms with Gasteiger partial charge in [-0.1, -0.05) is 6.58 Å². The smallest absolute Gasteiger partial charge is 0.101 e. The summed E-state index contributed by atoms with van der Waals surface area (Å²) in [6, 6.07) is 6.81. The van der Waals surface area contributed by atoms with Crippen LogP contribution in [0.5, 0.6) is 0 Å². The Morgan fingerprint density at radius 1 is 1.53 bits per heavy atom. The first kappa shape index (κ1) is 10.8. The van der Waals surface area contributed by atoms with Gasteiger partial charge in [0.15, 0.2) is 0 Å². The summed E-state index contributed by atoms with van der Waals surface area (Å²) in [7, 11) is 0. The van der Waals surface area contributed by atoms with Crippen molar-refractivity contribution in [2.24, 2.45) is 10.9 Å². The number of nitriles is 1. The fourth-order valence-corrected chi connectivity index (χ4v) is 1.01. The average Bonchev–Trinajstić information content (AvgIpc) is 2.25. The molecular weight excluding hydrogens is 190 g/mol. The van der Waals surface area contributed by atoms with E-state index in [2.05, 4.69) is 11.7 Å². The molecule has 0 radical (unpaired) electrons. The summed E-state index contributed by atoms with van der Waals surface area (Å²) < 4.78 is 0. The van der Waals surface area contributed by atoms with Gasteiger partial charge in [-0.15, -0.1) is 0 Å². The van der Waals surface area contributed by atoms with Crippen molar-refractivity contribution in [2.45, 2.75) is 0 Å². The maximum absolute atomic E-state index is 8.84. The Morgan fingerprint density at radius 2 is 2.27 bits per heavy atom. The van der Waals surface area contributed by atoms with Crippen molar-refractivity contribution in [1.82, 2.24) is 0 Å². The third-order valence-electron chi connectivity index (χ3n) is 1.69. The van der Waals surface area contributed by atoms with Crippen molar-refractivity contribution < 1.29 is 0 Å². The molecule has 0 heterocycles. The molecule has 1 aromatic carbocycles. The minimum absolute atomic E-state index is 0.410. The second-order valence-electron chi connectivity index (χ2n) is 2.73. The predicted molar refractivity (Wildman–Crippen MR) is 60.9 cm³/mol. The summed E-state index contributed by atoms with van der Waals surface area (Å²) in [5.41, 5.74) is 6.97. The number of allylic oxidation sites excluding steroid dienone is 1. The van der Waals surface area contributed by atoms with E-state index >= 15 is 0 Å². The molecule has 0 fully saturated rings. The monoisotopic (exact) mass is 201 g/mol. The Balaban J connectivity index is 3.11. The molecule has 0 atom stereocenters. The third-order valence-corrected chi connectivity index (χ3v) is 1.69. The third kappa shape index (κ3) is 2.56. The first-order valence-electron chi connectivity index (χ1n) is 4.18. The number of nitrogen functional groups attached to an aromatic ring is 1. The predicted octanol–water partition coefficient (Wildman–Crippen LogP) is 0.992. The summed E-state index contributed by atoms with van der Waals surface area (Å²) in [6.07, 6.45) is 2.91. The van der Waals surface area contributed by atoms with Crippen molar-refractivity contribution >= 4 is 17.6 Å². The first-order valence-corrected chi connectivity index (χ1v) is 4.18. The molecule has 5 heteroatoms. The molecule has 4 N–H and O–H groups in total. The highest BCUT2D eigenvalue weighted by atomic mass is 15.6. The summed E-state index contributed by atoms with van der Waals surface area (Å²) in [6.45, 7) is 3.47. The maximum atomic E-state index is 8.84. The van der Waals surface area contributed by atoms with E-state index in [0.717, 1.165) is 5.12 Å². The highest BCUT2D eigenvalue weighted by molar-refractivity contribution is 5.72. The molecule has 5 nitrogen and oxygen atoms in total. The van der Waals surface area contributed by atoms with E-state index in [0.29, 0.717) is 16.9 Å². The lowest BCUT2D eigenvalue weighted by Gasteiger charge is -2.13. The van der Waals surface area contributed by atoms with Gasteiger partial charge in [-0.2, -0.15) is 15.5 Å². The van der Waals surface area contributed by atoms with E-state index in [1.165, 1.54) is 12.3 Å². The highest BCUT2D eigenvalue weighted by Crippen LogP contribution is 2.20. The zero-order chi connectivity index (χ0) is 11.3. The molecule has 0 saturated heterocycles. The molecule has 15 heavy (non-hydrogen) atoms. The molecule has 0 amide bonds. The van der Waals surface area contributed by atoms with Gasteiger partial charge in [0.2, 0.25) is 0 Å². The zero-order valence-electron chi connectivity index (χ0n) is 8.09. The van der Waals surface area contributed by atoms with Gasteiger partial charge in [-0.25, -0.2) is 5.84 Å². The van der Waals surface area contributed by atoms with Gasteiger partial charge in [0.25, 0.3) is 0 Å². The summed E-state index contributed by atoms with van der Waals surface area (Å²) in [4.78, 5) is 0. The van der Waals surface area contributed by atoms with Crippen molar-refractivity contribution in [2.75, 3.05) is 10.9 Å². The van der Waals surface area contributed by atoms with E-state index in [4.69, 9.17) is 16.8 Å². The standard InChI is InChI=1S/C10H11N5/c1-2-5-14-15(13)10-6-9(12)4-3-8(10)7-11/h2-6H,1,12-13H2/b14-5-. The number of anilines is 2. The van der Waals surface area contributed by atoms with Gasteiger partial charge >= 0.3 is 0 Å². The van der Waals surface area contributed by atoms with Gasteiger partial charge in [0.05, 0.1) is 11.3 Å². The summed E-state index contributed by atoms with van der Waals surface area (Å²) in [5.74, 6) is 5.61. The average molecular weight is 201 g/mol. The number of benzene rings is 1. The topological polar surface area (TPSA) is 91.4 Å². The normalized spacial score (nSPS) is 9.87. The molecule has 0 unspecified atom stereocenters. The molecule has 76 valence electrons. The molecule has 1 rings (SSSR count). The molecule has 0 aliphatic rings. The highest BCUT2D eigenvalue weighted by Gasteiger charge is 2.06. The fraction of sp³-hybridized carbons (Fsp3) is 0. The zero-order valence-corrected chi connectivity index (χ0v) is 8.09. The molecule has 0 aliphatic carbocycles. The fourth-order valence-electron chi connectivity index (χ4n) is 1.01. The SMILES string of the molecule is C=C/C=N\N(N)c1cc(N)ccc1C#N. The van der Waals surface area contributed by atoms with Crippen LogP contribution in [0.2, 0.25) is 0 Å². The van der Waals surface area contributed by atoms with Crippen LogP contribution in [0.3, 0.4) is 0 Å². The number of nitrogens with zero attached hydrogens (tertiary/aromatic N) is 3. The van der Waals surface area contributed by atoms with Crippen LogP contribution >= 0.6 is 0 Å². The van der Waals surface area contributed by atoms with Crippen LogP contribution in [-0.2, 0) is 0 Å². The minimum atomic E-state index is 0.410. The lowest BCUT2D eigenvalue weighted by atomic mass is 10.2. The summed E-state index contributed by atoms with van der Waals surface area (Å²) >= 11 is 0. The molecule has 1 aromatic rings. The molecule has 0 aliphatic heterocycles. The van der Waals surface area contributed by atoms with Gasteiger partial charge in [-0.05, 0) is 24.3 Å². The minimum Gasteiger partial charge on any atom is -0.399 e. The van der Waals surface area contributed by atoms with Crippen molar-refractivity contribution in [1.29, 1.82) is 5.26 Å². The van der Waals surface area contributed by atoms with Crippen LogP contribution in [0.15, 0.2) is 36.0 Å². The quantitative estimate of drug-likeness (QED) is 0.330. The van der Waals surface area contributed by atoms with Crippen LogP contribution in [0.4, 0.5) is 11.4 Å². The van der Waals surface area contributed by atoms with Gasteiger partial charge in [0, 0.05) is 11.9 Å². The molecule has 0 bridgehead atoms.